The van der Waals surface area contributed by atoms with E-state index in [1.807, 2.05) is 0 Å². The molecule has 0 spiro atoms. The molecular formula is C18H16O8S8. The molecule has 0 unspecified atom stereocenters. The SMILES string of the molecule is COOCC1=C(COOC)SC(=C2SC3=C(S2)SC(=C2SC(C(=O)OC)=C(C(=O)OC)S2)S3)S1. The normalized spacial score (nSPS) is 20.4. The largest absolute Gasteiger partial charge is 0.465 e. The van der Waals surface area contributed by atoms with Crippen molar-refractivity contribution in [2.75, 3.05) is 41.7 Å². The number of carbonyl (C=O) groups excluding carboxylic acids is 2. The van der Waals surface area contributed by atoms with Gasteiger partial charge in [-0.1, -0.05) is 94.1 Å². The lowest BCUT2D eigenvalue weighted by Gasteiger charge is -2.07. The zero-order chi connectivity index (χ0) is 24.2. The molecule has 0 aromatic heterocycles. The van der Waals surface area contributed by atoms with E-state index in [1.54, 1.807) is 70.6 Å². The topological polar surface area (TPSA) is 89.5 Å². The van der Waals surface area contributed by atoms with Crippen LogP contribution < -0.4 is 0 Å². The molecule has 8 nitrogen and oxygen atoms in total. The number of hydrogen-bond acceptors (Lipinski definition) is 16. The van der Waals surface area contributed by atoms with Crippen molar-refractivity contribution in [1.82, 2.24) is 0 Å². The predicted molar refractivity (Wildman–Crippen MR) is 146 cm³/mol. The average Bonchev–Trinajstić information content (AvgIpc) is 3.61. The zero-order valence-corrected chi connectivity index (χ0v) is 24.5. The zero-order valence-electron chi connectivity index (χ0n) is 17.9. The first-order valence-electron chi connectivity index (χ1n) is 9.08. The molecule has 0 saturated carbocycles. The lowest BCUT2D eigenvalue weighted by Crippen LogP contribution is -2.08. The summed E-state index contributed by atoms with van der Waals surface area (Å²) in [6.07, 6.45) is 0. The van der Waals surface area contributed by atoms with Gasteiger partial charge in [-0.05, 0) is 0 Å². The van der Waals surface area contributed by atoms with Gasteiger partial charge in [-0.3, -0.25) is 0 Å². The Bertz CT molecular complexity index is 986. The van der Waals surface area contributed by atoms with Gasteiger partial charge in [-0.2, -0.15) is 0 Å². The summed E-state index contributed by atoms with van der Waals surface area (Å²) >= 11 is 12.5. The Balaban J connectivity index is 1.43. The molecule has 0 saturated heterocycles. The molecule has 4 rings (SSSR count). The van der Waals surface area contributed by atoms with Crippen molar-refractivity contribution in [1.29, 1.82) is 0 Å². The fraction of sp³-hybridized carbons (Fsp3) is 0.333. The van der Waals surface area contributed by atoms with Crippen LogP contribution in [0.5, 0.6) is 0 Å². The highest BCUT2D eigenvalue weighted by atomic mass is 32.3. The van der Waals surface area contributed by atoms with Gasteiger partial charge in [0.2, 0.25) is 0 Å². The van der Waals surface area contributed by atoms with E-state index in [9.17, 15) is 9.59 Å². The Morgan fingerprint density at radius 1 is 0.529 bits per heavy atom. The smallest absolute Gasteiger partial charge is 0.346 e. The lowest BCUT2D eigenvalue weighted by molar-refractivity contribution is -0.267. The lowest BCUT2D eigenvalue weighted by atomic mass is 10.5. The monoisotopic (exact) mass is 616 g/mol. The van der Waals surface area contributed by atoms with Crippen molar-refractivity contribution in [3.63, 3.8) is 0 Å². The van der Waals surface area contributed by atoms with E-state index >= 15 is 0 Å². The molecule has 4 aliphatic rings. The van der Waals surface area contributed by atoms with Gasteiger partial charge >= 0.3 is 11.9 Å². The molecule has 4 aliphatic heterocycles. The van der Waals surface area contributed by atoms with Gasteiger partial charge in [-0.25, -0.2) is 29.1 Å². The van der Waals surface area contributed by atoms with Gasteiger partial charge in [0.05, 0.1) is 53.9 Å². The molecule has 0 fully saturated rings. The quantitative estimate of drug-likeness (QED) is 0.176. The average molecular weight is 617 g/mol. The van der Waals surface area contributed by atoms with Crippen LogP contribution >= 0.6 is 94.1 Å². The fourth-order valence-corrected chi connectivity index (χ4v) is 14.4. The molecule has 16 heteroatoms. The Hall–Kier alpha value is 0.280. The summed E-state index contributed by atoms with van der Waals surface area (Å²) in [5.74, 6) is -1.08. The van der Waals surface area contributed by atoms with E-state index < -0.39 is 11.9 Å². The van der Waals surface area contributed by atoms with Crippen LogP contribution in [0.15, 0.2) is 45.0 Å². The minimum absolute atomic E-state index is 0.264. The second-order valence-corrected chi connectivity index (χ2v) is 15.8. The molecular weight excluding hydrogens is 601 g/mol. The summed E-state index contributed by atoms with van der Waals surface area (Å²) in [5.41, 5.74) is 0. The van der Waals surface area contributed by atoms with Crippen molar-refractivity contribution < 1.29 is 38.6 Å². The molecule has 0 radical (unpaired) electrons. The summed E-state index contributed by atoms with van der Waals surface area (Å²) < 4.78 is 16.3. The van der Waals surface area contributed by atoms with E-state index in [0.717, 1.165) is 22.5 Å². The number of ether oxygens (including phenoxy) is 2. The van der Waals surface area contributed by atoms with Gasteiger partial charge in [0.1, 0.15) is 23.0 Å². The first-order chi connectivity index (χ1) is 16.5. The van der Waals surface area contributed by atoms with Crippen molar-refractivity contribution in [2.24, 2.45) is 0 Å². The first kappa shape index (κ1) is 27.3. The number of thioether (sulfide) groups is 8. The summed E-state index contributed by atoms with van der Waals surface area (Å²) in [6, 6.07) is 0. The molecule has 0 aliphatic carbocycles. The minimum Gasteiger partial charge on any atom is -0.465 e. The third kappa shape index (κ3) is 6.05. The molecule has 0 N–H and O–H groups in total. The fourth-order valence-electron chi connectivity index (χ4n) is 2.48. The Morgan fingerprint density at radius 2 is 0.853 bits per heavy atom. The molecule has 0 atom stereocenters. The highest BCUT2D eigenvalue weighted by molar-refractivity contribution is 8.49. The standard InChI is InChI=1S/C18H16O8S8/c1-21-11(19)9-10(12(20)22-2)30-14(29-9)16-33-17-18(34-16)32-15(31-17)13-27-7(5-25-23-3)8(28-13)6-26-24-4/h5-6H2,1-4H3. The number of methoxy groups -OCH3 is 2. The summed E-state index contributed by atoms with van der Waals surface area (Å²) in [5, 5.41) is 0. The van der Waals surface area contributed by atoms with Crippen LogP contribution in [0.3, 0.4) is 0 Å². The van der Waals surface area contributed by atoms with Crippen LogP contribution in [0.1, 0.15) is 0 Å². The minimum atomic E-state index is -0.540. The first-order valence-corrected chi connectivity index (χ1v) is 15.6. The van der Waals surface area contributed by atoms with Gasteiger partial charge in [0, 0.05) is 9.81 Å². The van der Waals surface area contributed by atoms with Gasteiger partial charge in [0.15, 0.2) is 0 Å². The van der Waals surface area contributed by atoms with Crippen LogP contribution in [-0.2, 0) is 38.6 Å². The second kappa shape index (κ2) is 12.7. The van der Waals surface area contributed by atoms with Crippen LogP contribution in [0.2, 0.25) is 0 Å². The number of hydrogen-bond donors (Lipinski definition) is 0. The van der Waals surface area contributed by atoms with E-state index in [-0.39, 0.29) is 9.81 Å². The molecule has 34 heavy (non-hydrogen) atoms. The highest BCUT2D eigenvalue weighted by Crippen LogP contribution is 2.71. The summed E-state index contributed by atoms with van der Waals surface area (Å²) in [6.45, 7) is 0.671. The molecule has 0 aromatic rings. The number of carbonyl (C=O) groups is 2. The van der Waals surface area contributed by atoms with Crippen LogP contribution in [0.4, 0.5) is 0 Å². The molecule has 0 bridgehead atoms. The highest BCUT2D eigenvalue weighted by Gasteiger charge is 2.39. The molecule has 0 amide bonds. The summed E-state index contributed by atoms with van der Waals surface area (Å²) in [4.78, 5) is 46.7. The second-order valence-electron chi connectivity index (χ2n) is 5.89. The van der Waals surface area contributed by atoms with Crippen LogP contribution in [0.25, 0.3) is 0 Å². The van der Waals surface area contributed by atoms with E-state index in [2.05, 4.69) is 0 Å². The van der Waals surface area contributed by atoms with Crippen molar-refractivity contribution in [2.45, 2.75) is 0 Å². The third-order valence-corrected chi connectivity index (χ3v) is 15.8. The van der Waals surface area contributed by atoms with Crippen molar-refractivity contribution in [3.8, 4) is 0 Å². The maximum absolute atomic E-state index is 12.2. The Morgan fingerprint density at radius 3 is 1.18 bits per heavy atom. The number of esters is 2. The van der Waals surface area contributed by atoms with Crippen molar-refractivity contribution >= 4 is 106 Å². The van der Waals surface area contributed by atoms with Gasteiger partial charge < -0.3 is 9.47 Å². The molecule has 4 heterocycles. The van der Waals surface area contributed by atoms with Crippen LogP contribution in [-0.4, -0.2) is 53.6 Å². The Kier molecular flexibility index (Phi) is 10.2. The number of rotatable bonds is 8. The van der Waals surface area contributed by atoms with E-state index in [0.29, 0.717) is 13.2 Å². The third-order valence-electron chi connectivity index (χ3n) is 3.94. The van der Waals surface area contributed by atoms with Crippen molar-refractivity contribution in [3.05, 3.63) is 45.0 Å². The van der Waals surface area contributed by atoms with Gasteiger partial charge in [-0.15, -0.1) is 0 Å². The Labute approximate surface area is 229 Å². The van der Waals surface area contributed by atoms with E-state index in [1.165, 1.54) is 64.7 Å². The predicted octanol–water partition coefficient (Wildman–Crippen LogP) is 6.21. The van der Waals surface area contributed by atoms with Crippen LogP contribution in [0, 0.1) is 0 Å². The maximum Gasteiger partial charge on any atom is 0.346 e. The molecule has 184 valence electrons. The molecule has 0 aromatic carbocycles. The van der Waals surface area contributed by atoms with E-state index in [4.69, 9.17) is 29.0 Å². The summed E-state index contributed by atoms with van der Waals surface area (Å²) in [7, 11) is 5.56. The van der Waals surface area contributed by atoms with Gasteiger partial charge in [0.25, 0.3) is 0 Å². The maximum atomic E-state index is 12.2.